The van der Waals surface area contributed by atoms with E-state index in [0.29, 0.717) is 20.8 Å². The predicted molar refractivity (Wildman–Crippen MR) is 110 cm³/mol. The minimum Gasteiger partial charge on any atom is -0.366 e. The van der Waals surface area contributed by atoms with Crippen LogP contribution in [-0.4, -0.2) is 21.0 Å². The number of nitro benzene ring substituents is 1. The first-order chi connectivity index (χ1) is 13.3. The molecule has 0 radical (unpaired) electrons. The number of nitro groups is 1. The molecule has 0 aliphatic rings. The van der Waals surface area contributed by atoms with Gasteiger partial charge >= 0.3 is 0 Å². The molecule has 0 spiro atoms. The molecule has 3 N–H and O–H groups in total. The number of carbonyl (C=O) groups is 1. The van der Waals surface area contributed by atoms with Crippen LogP contribution in [0.15, 0.2) is 40.7 Å². The lowest BCUT2D eigenvalue weighted by Crippen LogP contribution is -2.11. The highest BCUT2D eigenvalue weighted by Crippen LogP contribution is 2.33. The fraction of sp³-hybridized carbons (Fsp3) is 0.167. The lowest BCUT2D eigenvalue weighted by atomic mass is 10.1. The standard InChI is InChI=1S/C18H17N5O3S2/c1-10-4-3-5-14(11(10)2)20-17-21-22-18(28-17)27-9-13-7-6-12(16(19)24)8-15(13)23(25)26/h3-8H,9H2,1-2H3,(H2,19,24)(H,20,21). The summed E-state index contributed by atoms with van der Waals surface area (Å²) in [4.78, 5) is 22.0. The highest BCUT2D eigenvalue weighted by atomic mass is 32.2. The molecule has 0 atom stereocenters. The van der Waals surface area contributed by atoms with Gasteiger partial charge < -0.3 is 11.1 Å². The summed E-state index contributed by atoms with van der Waals surface area (Å²) in [5, 5.41) is 23.4. The van der Waals surface area contributed by atoms with E-state index in [1.54, 1.807) is 6.07 Å². The molecular weight excluding hydrogens is 398 g/mol. The number of nitrogens with two attached hydrogens (primary N) is 1. The van der Waals surface area contributed by atoms with Crippen LogP contribution >= 0.6 is 23.1 Å². The molecule has 3 aromatic rings. The largest absolute Gasteiger partial charge is 0.366 e. The van der Waals surface area contributed by atoms with Crippen LogP contribution in [-0.2, 0) is 5.75 Å². The number of primary amides is 1. The van der Waals surface area contributed by atoms with Crippen LogP contribution in [0.4, 0.5) is 16.5 Å². The summed E-state index contributed by atoms with van der Waals surface area (Å²) in [6.45, 7) is 4.07. The van der Waals surface area contributed by atoms with E-state index in [1.807, 2.05) is 32.0 Å². The number of nitrogens with zero attached hydrogens (tertiary/aromatic N) is 3. The van der Waals surface area contributed by atoms with Crippen molar-refractivity contribution in [2.45, 2.75) is 23.9 Å². The maximum Gasteiger partial charge on any atom is 0.274 e. The highest BCUT2D eigenvalue weighted by Gasteiger charge is 2.17. The zero-order chi connectivity index (χ0) is 20.3. The Balaban J connectivity index is 1.72. The number of hydrogen-bond donors (Lipinski definition) is 2. The van der Waals surface area contributed by atoms with Gasteiger partial charge in [-0.2, -0.15) is 0 Å². The van der Waals surface area contributed by atoms with E-state index >= 15 is 0 Å². The molecule has 1 aromatic heterocycles. The number of aromatic nitrogens is 2. The van der Waals surface area contributed by atoms with Gasteiger partial charge in [0.05, 0.1) is 4.92 Å². The molecule has 0 saturated heterocycles. The lowest BCUT2D eigenvalue weighted by molar-refractivity contribution is -0.385. The predicted octanol–water partition coefficient (Wildman–Crippen LogP) is 4.20. The number of carbonyl (C=O) groups excluding carboxylic acids is 1. The summed E-state index contributed by atoms with van der Waals surface area (Å²) in [5.41, 5.74) is 8.93. The summed E-state index contributed by atoms with van der Waals surface area (Å²) in [5.74, 6) is -0.374. The number of hydrogen-bond acceptors (Lipinski definition) is 8. The highest BCUT2D eigenvalue weighted by molar-refractivity contribution is 8.00. The van der Waals surface area contributed by atoms with Crippen LogP contribution in [0.1, 0.15) is 27.0 Å². The Morgan fingerprint density at radius 2 is 2.07 bits per heavy atom. The summed E-state index contributed by atoms with van der Waals surface area (Å²) < 4.78 is 0.682. The second-order valence-electron chi connectivity index (χ2n) is 6.00. The van der Waals surface area contributed by atoms with Gasteiger partial charge in [-0.15, -0.1) is 10.2 Å². The average Bonchev–Trinajstić information content (AvgIpc) is 3.11. The van der Waals surface area contributed by atoms with Crippen molar-refractivity contribution in [1.29, 1.82) is 0 Å². The number of aryl methyl sites for hydroxylation is 1. The third-order valence-electron chi connectivity index (χ3n) is 4.17. The van der Waals surface area contributed by atoms with Gasteiger partial charge in [-0.3, -0.25) is 14.9 Å². The molecule has 0 fully saturated rings. The number of rotatable bonds is 7. The second kappa shape index (κ2) is 8.36. The molecule has 0 bridgehead atoms. The molecule has 0 aliphatic carbocycles. The second-order valence-corrected chi connectivity index (χ2v) is 8.20. The Hall–Kier alpha value is -2.98. The number of amides is 1. The smallest absolute Gasteiger partial charge is 0.274 e. The third-order valence-corrected chi connectivity index (χ3v) is 6.19. The molecule has 0 unspecified atom stereocenters. The van der Waals surface area contributed by atoms with Gasteiger partial charge in [0.1, 0.15) is 0 Å². The van der Waals surface area contributed by atoms with Crippen LogP contribution in [0.3, 0.4) is 0 Å². The first kappa shape index (κ1) is 19.8. The minimum absolute atomic E-state index is 0.108. The first-order valence-electron chi connectivity index (χ1n) is 8.22. The van der Waals surface area contributed by atoms with E-state index in [-0.39, 0.29) is 11.3 Å². The van der Waals surface area contributed by atoms with E-state index in [4.69, 9.17) is 5.73 Å². The van der Waals surface area contributed by atoms with Gasteiger partial charge in [0.15, 0.2) is 4.34 Å². The van der Waals surface area contributed by atoms with Crippen molar-refractivity contribution >= 4 is 45.5 Å². The molecule has 1 amide bonds. The lowest BCUT2D eigenvalue weighted by Gasteiger charge is -2.08. The van der Waals surface area contributed by atoms with Crippen molar-refractivity contribution in [2.75, 3.05) is 5.32 Å². The zero-order valence-electron chi connectivity index (χ0n) is 15.1. The molecule has 1 heterocycles. The van der Waals surface area contributed by atoms with Crippen LogP contribution in [0.25, 0.3) is 0 Å². The molecule has 3 rings (SSSR count). The Morgan fingerprint density at radius 3 is 2.79 bits per heavy atom. The Bertz CT molecular complexity index is 1050. The molecule has 0 saturated carbocycles. The quantitative estimate of drug-likeness (QED) is 0.337. The molecule has 8 nitrogen and oxygen atoms in total. The average molecular weight is 416 g/mol. The van der Waals surface area contributed by atoms with Crippen LogP contribution in [0.2, 0.25) is 0 Å². The summed E-state index contributed by atoms with van der Waals surface area (Å²) >= 11 is 2.71. The maximum absolute atomic E-state index is 11.3. The number of benzene rings is 2. The van der Waals surface area contributed by atoms with Crippen LogP contribution in [0, 0.1) is 24.0 Å². The Morgan fingerprint density at radius 1 is 1.29 bits per heavy atom. The zero-order valence-corrected chi connectivity index (χ0v) is 16.8. The van der Waals surface area contributed by atoms with Gasteiger partial charge in [0.25, 0.3) is 5.69 Å². The van der Waals surface area contributed by atoms with Gasteiger partial charge in [0, 0.05) is 28.6 Å². The summed E-state index contributed by atoms with van der Waals surface area (Å²) in [6, 6.07) is 10.2. The first-order valence-corrected chi connectivity index (χ1v) is 10.0. The van der Waals surface area contributed by atoms with E-state index in [2.05, 4.69) is 15.5 Å². The summed E-state index contributed by atoms with van der Waals surface area (Å²) in [7, 11) is 0. The monoisotopic (exact) mass is 415 g/mol. The summed E-state index contributed by atoms with van der Waals surface area (Å²) in [6.07, 6.45) is 0. The normalized spacial score (nSPS) is 10.6. The Labute approximate surface area is 169 Å². The van der Waals surface area contributed by atoms with Gasteiger partial charge in [0.2, 0.25) is 11.0 Å². The van der Waals surface area contributed by atoms with E-state index < -0.39 is 10.8 Å². The van der Waals surface area contributed by atoms with Crippen molar-refractivity contribution in [2.24, 2.45) is 5.73 Å². The minimum atomic E-state index is -0.700. The third kappa shape index (κ3) is 4.46. The number of nitrogens with one attached hydrogen (secondary N) is 1. The topological polar surface area (TPSA) is 124 Å². The van der Waals surface area contributed by atoms with E-state index in [0.717, 1.165) is 11.3 Å². The van der Waals surface area contributed by atoms with E-state index in [1.165, 1.54) is 40.8 Å². The van der Waals surface area contributed by atoms with Crippen molar-refractivity contribution in [1.82, 2.24) is 10.2 Å². The van der Waals surface area contributed by atoms with Crippen LogP contribution in [0.5, 0.6) is 0 Å². The number of thioether (sulfide) groups is 1. The SMILES string of the molecule is Cc1cccc(Nc2nnc(SCc3ccc(C(N)=O)cc3[N+](=O)[O-])s2)c1C. The van der Waals surface area contributed by atoms with Gasteiger partial charge in [-0.05, 0) is 37.1 Å². The fourth-order valence-electron chi connectivity index (χ4n) is 2.47. The van der Waals surface area contributed by atoms with Crippen LogP contribution < -0.4 is 11.1 Å². The van der Waals surface area contributed by atoms with E-state index in [9.17, 15) is 14.9 Å². The molecule has 28 heavy (non-hydrogen) atoms. The maximum atomic E-state index is 11.3. The van der Waals surface area contributed by atoms with Crippen molar-refractivity contribution in [3.63, 3.8) is 0 Å². The molecular formula is C18H17N5O3S2. The Kier molecular flexibility index (Phi) is 5.90. The van der Waals surface area contributed by atoms with Crippen molar-refractivity contribution in [3.05, 3.63) is 68.8 Å². The van der Waals surface area contributed by atoms with Crippen molar-refractivity contribution < 1.29 is 9.72 Å². The van der Waals surface area contributed by atoms with Gasteiger partial charge in [-0.1, -0.05) is 41.3 Å². The molecule has 0 aliphatic heterocycles. The molecule has 10 heteroatoms. The van der Waals surface area contributed by atoms with Crippen molar-refractivity contribution in [3.8, 4) is 0 Å². The van der Waals surface area contributed by atoms with Gasteiger partial charge in [-0.25, -0.2) is 0 Å². The fourth-order valence-corrected chi connectivity index (χ4v) is 4.23. The molecule has 2 aromatic carbocycles. The number of anilines is 2. The molecule has 144 valence electrons.